The van der Waals surface area contributed by atoms with Gasteiger partial charge in [-0.3, -0.25) is 0 Å². The van der Waals surface area contributed by atoms with Crippen LogP contribution >= 0.6 is 11.6 Å². The van der Waals surface area contributed by atoms with Crippen LogP contribution in [-0.2, 0) is 11.8 Å². The van der Waals surface area contributed by atoms with Gasteiger partial charge in [0.25, 0.3) is 0 Å². The molecule has 0 unspecified atom stereocenters. The van der Waals surface area contributed by atoms with Gasteiger partial charge in [0.15, 0.2) is 11.6 Å². The Morgan fingerprint density at radius 1 is 1.05 bits per heavy atom. The summed E-state index contributed by atoms with van der Waals surface area (Å²) in [5.41, 5.74) is 1.13. The first-order valence-corrected chi connectivity index (χ1v) is 6.89. The third kappa shape index (κ3) is 2.21. The smallest absolute Gasteiger partial charge is 0.162 e. The van der Waals surface area contributed by atoms with E-state index in [1.165, 1.54) is 0 Å². The number of nitrogens with one attached hydrogen (secondary N) is 1. The maximum Gasteiger partial charge on any atom is 0.162 e. The fourth-order valence-corrected chi connectivity index (χ4v) is 3.11. The molecule has 20 heavy (non-hydrogen) atoms. The fourth-order valence-electron chi connectivity index (χ4n) is 2.78. The predicted molar refractivity (Wildman–Crippen MR) is 76.1 cm³/mol. The Labute approximate surface area is 121 Å². The minimum atomic E-state index is -0.802. The highest BCUT2D eigenvalue weighted by Gasteiger charge is 2.40. The van der Waals surface area contributed by atoms with E-state index >= 15 is 0 Å². The Bertz CT molecular complexity index is 638. The number of rotatable bonds is 3. The van der Waals surface area contributed by atoms with Crippen LogP contribution in [0.1, 0.15) is 11.1 Å². The van der Waals surface area contributed by atoms with E-state index < -0.39 is 11.6 Å². The summed E-state index contributed by atoms with van der Waals surface area (Å²) >= 11 is 6.26. The molecule has 0 radical (unpaired) electrons. The lowest BCUT2D eigenvalue weighted by Crippen LogP contribution is -2.58. The lowest BCUT2D eigenvalue weighted by Gasteiger charge is -2.44. The van der Waals surface area contributed by atoms with Crippen molar-refractivity contribution >= 4 is 11.6 Å². The summed E-state index contributed by atoms with van der Waals surface area (Å²) in [5.74, 6) is -1.56. The number of hydrogen-bond acceptors (Lipinski definition) is 1. The third-order valence-corrected chi connectivity index (χ3v) is 4.26. The van der Waals surface area contributed by atoms with Gasteiger partial charge >= 0.3 is 0 Å². The normalized spacial score (nSPS) is 16.8. The first-order valence-electron chi connectivity index (χ1n) is 6.51. The molecule has 1 aliphatic rings. The second-order valence-corrected chi connectivity index (χ2v) is 5.66. The molecular weight excluding hydrogens is 280 g/mol. The van der Waals surface area contributed by atoms with Gasteiger partial charge in [0, 0.05) is 23.5 Å². The van der Waals surface area contributed by atoms with Gasteiger partial charge in [0.05, 0.1) is 0 Å². The van der Waals surface area contributed by atoms with Crippen molar-refractivity contribution in [3.63, 3.8) is 0 Å². The van der Waals surface area contributed by atoms with E-state index in [0.717, 1.165) is 11.6 Å². The van der Waals surface area contributed by atoms with Crippen molar-refractivity contribution in [2.75, 3.05) is 13.1 Å². The molecule has 1 N–H and O–H groups in total. The van der Waals surface area contributed by atoms with Gasteiger partial charge < -0.3 is 5.32 Å². The summed E-state index contributed by atoms with van der Waals surface area (Å²) in [5, 5.41) is 3.88. The van der Waals surface area contributed by atoms with E-state index in [4.69, 9.17) is 11.6 Å². The number of benzene rings is 2. The molecule has 3 rings (SSSR count). The maximum absolute atomic E-state index is 13.9. The van der Waals surface area contributed by atoms with Crippen molar-refractivity contribution in [1.82, 2.24) is 5.32 Å². The summed E-state index contributed by atoms with van der Waals surface area (Å²) in [6.45, 7) is 1.43. The zero-order chi connectivity index (χ0) is 14.2. The van der Waals surface area contributed by atoms with Gasteiger partial charge in [-0.2, -0.15) is 0 Å². The van der Waals surface area contributed by atoms with Gasteiger partial charge in [0.2, 0.25) is 0 Å². The molecule has 0 bridgehead atoms. The SMILES string of the molecule is Fc1cccc(CC2(c3ccccc3Cl)CNC2)c1F. The van der Waals surface area contributed by atoms with Gasteiger partial charge in [-0.05, 0) is 29.7 Å². The monoisotopic (exact) mass is 293 g/mol. The molecule has 0 atom stereocenters. The molecule has 4 heteroatoms. The van der Waals surface area contributed by atoms with Crippen molar-refractivity contribution < 1.29 is 8.78 Å². The van der Waals surface area contributed by atoms with Crippen LogP contribution in [0, 0.1) is 11.6 Å². The minimum Gasteiger partial charge on any atom is -0.315 e. The molecule has 0 amide bonds. The predicted octanol–water partition coefficient (Wildman–Crippen LogP) is 3.70. The summed E-state index contributed by atoms with van der Waals surface area (Å²) in [6.07, 6.45) is 0.438. The second kappa shape index (κ2) is 5.15. The molecule has 1 fully saturated rings. The van der Waals surface area contributed by atoms with Crippen LogP contribution < -0.4 is 5.32 Å². The largest absolute Gasteiger partial charge is 0.315 e. The van der Waals surface area contributed by atoms with Crippen LogP contribution in [0.3, 0.4) is 0 Å². The Hall–Kier alpha value is -1.45. The lowest BCUT2D eigenvalue weighted by atomic mass is 9.71. The topological polar surface area (TPSA) is 12.0 Å². The van der Waals surface area contributed by atoms with Crippen molar-refractivity contribution in [2.45, 2.75) is 11.8 Å². The molecule has 0 saturated carbocycles. The average Bonchev–Trinajstić information content (AvgIpc) is 2.40. The maximum atomic E-state index is 13.9. The highest BCUT2D eigenvalue weighted by atomic mass is 35.5. The van der Waals surface area contributed by atoms with Crippen LogP contribution in [-0.4, -0.2) is 13.1 Å². The van der Waals surface area contributed by atoms with E-state index in [1.54, 1.807) is 12.1 Å². The summed E-state index contributed by atoms with van der Waals surface area (Å²) in [7, 11) is 0. The van der Waals surface area contributed by atoms with Crippen LogP contribution in [0.4, 0.5) is 8.78 Å². The van der Waals surface area contributed by atoms with Crippen molar-refractivity contribution in [3.8, 4) is 0 Å². The average molecular weight is 294 g/mol. The standard InChI is InChI=1S/C16H14ClF2N/c17-13-6-2-1-5-12(13)16(9-20-10-16)8-11-4-3-7-14(18)15(11)19/h1-7,20H,8-10H2. The van der Waals surface area contributed by atoms with Crippen LogP contribution in [0.15, 0.2) is 42.5 Å². The second-order valence-electron chi connectivity index (χ2n) is 5.25. The molecule has 104 valence electrons. The molecule has 2 aromatic carbocycles. The van der Waals surface area contributed by atoms with E-state index in [-0.39, 0.29) is 5.41 Å². The molecule has 1 heterocycles. The first kappa shape index (κ1) is 13.5. The van der Waals surface area contributed by atoms with Crippen molar-refractivity contribution in [2.24, 2.45) is 0 Å². The molecule has 1 saturated heterocycles. The van der Waals surface area contributed by atoms with Crippen molar-refractivity contribution in [3.05, 3.63) is 70.2 Å². The van der Waals surface area contributed by atoms with E-state index in [0.29, 0.717) is 30.1 Å². The van der Waals surface area contributed by atoms with Gasteiger partial charge in [-0.1, -0.05) is 41.9 Å². The zero-order valence-corrected chi connectivity index (χ0v) is 11.6. The molecule has 0 aromatic heterocycles. The summed E-state index contributed by atoms with van der Waals surface area (Å²) in [6, 6.07) is 11.9. The van der Waals surface area contributed by atoms with Gasteiger partial charge in [-0.15, -0.1) is 0 Å². The van der Waals surface area contributed by atoms with Crippen LogP contribution in [0.2, 0.25) is 5.02 Å². The fraction of sp³-hybridized carbons (Fsp3) is 0.250. The molecule has 1 nitrogen and oxygen atoms in total. The Morgan fingerprint density at radius 2 is 1.80 bits per heavy atom. The Kier molecular flexibility index (Phi) is 3.48. The molecule has 1 aliphatic heterocycles. The van der Waals surface area contributed by atoms with E-state index in [1.807, 2.05) is 24.3 Å². The quantitative estimate of drug-likeness (QED) is 0.910. The molecule has 0 spiro atoms. The lowest BCUT2D eigenvalue weighted by molar-refractivity contribution is 0.271. The van der Waals surface area contributed by atoms with E-state index in [2.05, 4.69) is 5.32 Å². The minimum absolute atomic E-state index is 0.257. The number of halogens is 3. The zero-order valence-electron chi connectivity index (χ0n) is 10.8. The summed E-state index contributed by atoms with van der Waals surface area (Å²) < 4.78 is 27.2. The first-order chi connectivity index (χ1) is 9.62. The Morgan fingerprint density at radius 3 is 2.45 bits per heavy atom. The molecule has 0 aliphatic carbocycles. The van der Waals surface area contributed by atoms with Crippen molar-refractivity contribution in [1.29, 1.82) is 0 Å². The Balaban J connectivity index is 1.99. The molecule has 2 aromatic rings. The third-order valence-electron chi connectivity index (χ3n) is 3.93. The van der Waals surface area contributed by atoms with E-state index in [9.17, 15) is 8.78 Å². The molecular formula is C16H14ClF2N. The van der Waals surface area contributed by atoms with Crippen LogP contribution in [0.25, 0.3) is 0 Å². The number of hydrogen-bond donors (Lipinski definition) is 1. The van der Waals surface area contributed by atoms with Crippen LogP contribution in [0.5, 0.6) is 0 Å². The highest BCUT2D eigenvalue weighted by Crippen LogP contribution is 2.37. The van der Waals surface area contributed by atoms with Gasteiger partial charge in [-0.25, -0.2) is 8.78 Å². The van der Waals surface area contributed by atoms with Gasteiger partial charge in [0.1, 0.15) is 0 Å². The summed E-state index contributed by atoms with van der Waals surface area (Å²) in [4.78, 5) is 0. The highest BCUT2D eigenvalue weighted by molar-refractivity contribution is 6.31.